The summed E-state index contributed by atoms with van der Waals surface area (Å²) in [7, 11) is 0. The highest BCUT2D eigenvalue weighted by atomic mass is 19.1. The van der Waals surface area contributed by atoms with E-state index in [9.17, 15) is 0 Å². The van der Waals surface area contributed by atoms with Crippen LogP contribution in [-0.4, -0.2) is 12.3 Å². The highest BCUT2D eigenvalue weighted by Crippen LogP contribution is 2.66. The zero-order valence-corrected chi connectivity index (χ0v) is 19.3. The number of ether oxygens (including phenoxy) is 1. The van der Waals surface area contributed by atoms with E-state index in [0.29, 0.717) is 46.5 Å². The van der Waals surface area contributed by atoms with Gasteiger partial charge in [0.25, 0.3) is 0 Å². The Morgan fingerprint density at radius 2 is 1.84 bits per heavy atom. The molecule has 0 saturated heterocycles. The standard InChI is InChI=1S/C28H38FNO/c1-19-11-15-28(29)22(17-19)5-9-24-25-10-6-21(27(25,2)14-12-26(24)28)13-16-31-23-7-3-20(18-30)4-8-23/h3-4,7-8,19,21-22,24-26H,5-6,9-17H2,1-2H3/t19-,21+,22+,24-,25?,26?,27+,28+/m0/s1. The summed E-state index contributed by atoms with van der Waals surface area (Å²) in [5.41, 5.74) is 0.163. The Hall–Kier alpha value is -1.56. The van der Waals surface area contributed by atoms with Crippen LogP contribution in [-0.2, 0) is 0 Å². The average Bonchev–Trinajstić information content (AvgIpc) is 3.11. The van der Waals surface area contributed by atoms with Crippen LogP contribution < -0.4 is 4.74 Å². The van der Waals surface area contributed by atoms with Gasteiger partial charge in [0.15, 0.2) is 0 Å². The Balaban J connectivity index is 1.23. The van der Waals surface area contributed by atoms with Gasteiger partial charge < -0.3 is 4.74 Å². The van der Waals surface area contributed by atoms with Crippen LogP contribution in [0.2, 0.25) is 0 Å². The first-order chi connectivity index (χ1) is 14.9. The minimum atomic E-state index is -0.868. The molecule has 4 aliphatic carbocycles. The molecule has 2 unspecified atom stereocenters. The largest absolute Gasteiger partial charge is 0.494 e. The second kappa shape index (κ2) is 8.09. The van der Waals surface area contributed by atoms with Gasteiger partial charge in [-0.05, 0) is 129 Å². The zero-order valence-electron chi connectivity index (χ0n) is 19.3. The van der Waals surface area contributed by atoms with Crippen molar-refractivity contribution >= 4 is 0 Å². The van der Waals surface area contributed by atoms with E-state index in [1.807, 2.05) is 24.3 Å². The van der Waals surface area contributed by atoms with Gasteiger partial charge in [-0.25, -0.2) is 4.39 Å². The van der Waals surface area contributed by atoms with Gasteiger partial charge in [-0.3, -0.25) is 0 Å². The lowest BCUT2D eigenvalue weighted by Gasteiger charge is -2.58. The van der Waals surface area contributed by atoms with Crippen molar-refractivity contribution in [2.45, 2.75) is 83.7 Å². The second-order valence-corrected chi connectivity index (χ2v) is 11.5. The molecule has 0 spiro atoms. The van der Waals surface area contributed by atoms with Crippen LogP contribution in [0, 0.1) is 52.3 Å². The van der Waals surface area contributed by atoms with Crippen molar-refractivity contribution in [1.29, 1.82) is 5.26 Å². The molecule has 3 heteroatoms. The predicted octanol–water partition coefficient (Wildman–Crippen LogP) is 7.32. The second-order valence-electron chi connectivity index (χ2n) is 11.5. The monoisotopic (exact) mass is 423 g/mol. The molecule has 0 heterocycles. The molecule has 0 aliphatic heterocycles. The summed E-state index contributed by atoms with van der Waals surface area (Å²) in [6, 6.07) is 9.58. The lowest BCUT2D eigenvalue weighted by Crippen LogP contribution is -2.56. The first-order valence-corrected chi connectivity index (χ1v) is 12.8. The van der Waals surface area contributed by atoms with Gasteiger partial charge >= 0.3 is 0 Å². The smallest absolute Gasteiger partial charge is 0.119 e. The number of benzene rings is 1. The van der Waals surface area contributed by atoms with Gasteiger partial charge in [0, 0.05) is 0 Å². The fraction of sp³-hybridized carbons (Fsp3) is 0.750. The van der Waals surface area contributed by atoms with Gasteiger partial charge in [-0.15, -0.1) is 0 Å². The van der Waals surface area contributed by atoms with E-state index >= 15 is 4.39 Å². The van der Waals surface area contributed by atoms with Crippen LogP contribution in [0.25, 0.3) is 0 Å². The molecule has 0 amide bonds. The van der Waals surface area contributed by atoms with Crippen LogP contribution in [0.15, 0.2) is 24.3 Å². The summed E-state index contributed by atoms with van der Waals surface area (Å²) >= 11 is 0. The first-order valence-electron chi connectivity index (χ1n) is 12.8. The van der Waals surface area contributed by atoms with E-state index in [0.717, 1.165) is 50.9 Å². The van der Waals surface area contributed by atoms with Gasteiger partial charge in [-0.2, -0.15) is 5.26 Å². The molecule has 4 saturated carbocycles. The minimum absolute atomic E-state index is 0.325. The molecule has 4 aliphatic rings. The van der Waals surface area contributed by atoms with E-state index in [1.54, 1.807) is 0 Å². The van der Waals surface area contributed by atoms with Crippen molar-refractivity contribution in [3.63, 3.8) is 0 Å². The van der Waals surface area contributed by atoms with Crippen LogP contribution in [0.1, 0.15) is 83.6 Å². The molecule has 0 bridgehead atoms. The summed E-state index contributed by atoms with van der Waals surface area (Å²) in [6.07, 6.45) is 11.4. The molecular formula is C28H38FNO. The lowest BCUT2D eigenvalue weighted by atomic mass is 9.48. The maximum absolute atomic E-state index is 16.4. The molecule has 0 aromatic heterocycles. The highest BCUT2D eigenvalue weighted by molar-refractivity contribution is 5.34. The summed E-state index contributed by atoms with van der Waals surface area (Å²) in [6.45, 7) is 5.58. The van der Waals surface area contributed by atoms with E-state index in [-0.39, 0.29) is 0 Å². The molecular weight excluding hydrogens is 385 g/mol. The number of rotatable bonds is 4. The fourth-order valence-electron chi connectivity index (χ4n) is 8.52. The van der Waals surface area contributed by atoms with E-state index in [1.165, 1.54) is 25.7 Å². The average molecular weight is 424 g/mol. The maximum Gasteiger partial charge on any atom is 0.119 e. The topological polar surface area (TPSA) is 33.0 Å². The van der Waals surface area contributed by atoms with Gasteiger partial charge in [0.2, 0.25) is 0 Å². The molecule has 0 N–H and O–H groups in total. The number of halogens is 1. The molecule has 1 aromatic carbocycles. The molecule has 8 atom stereocenters. The quantitative estimate of drug-likeness (QED) is 0.508. The third-order valence-electron chi connectivity index (χ3n) is 10.2. The third kappa shape index (κ3) is 3.59. The number of hydrogen-bond donors (Lipinski definition) is 0. The minimum Gasteiger partial charge on any atom is -0.494 e. The van der Waals surface area contributed by atoms with Crippen molar-refractivity contribution < 1.29 is 9.13 Å². The van der Waals surface area contributed by atoms with Crippen molar-refractivity contribution in [2.24, 2.45) is 40.9 Å². The molecule has 2 nitrogen and oxygen atoms in total. The Labute approximate surface area is 187 Å². The first kappa shape index (κ1) is 21.3. The lowest BCUT2D eigenvalue weighted by molar-refractivity contribution is -0.139. The van der Waals surface area contributed by atoms with Crippen LogP contribution in [0.3, 0.4) is 0 Å². The van der Waals surface area contributed by atoms with Crippen molar-refractivity contribution in [1.82, 2.24) is 0 Å². The number of hydrogen-bond acceptors (Lipinski definition) is 2. The van der Waals surface area contributed by atoms with Crippen LogP contribution in [0.5, 0.6) is 5.75 Å². The SMILES string of the molecule is C[C@H]1CC[C@]2(F)C3CC[C@@]4(C)C(CC[C@@H]4CCOc4ccc(C#N)cc4)[C@@H]3CC[C@@H]2C1. The molecule has 5 rings (SSSR count). The van der Waals surface area contributed by atoms with E-state index < -0.39 is 5.67 Å². The van der Waals surface area contributed by atoms with Crippen molar-refractivity contribution in [3.05, 3.63) is 29.8 Å². The van der Waals surface area contributed by atoms with Gasteiger partial charge in [0.1, 0.15) is 11.4 Å². The Morgan fingerprint density at radius 3 is 2.61 bits per heavy atom. The Bertz CT molecular complexity index is 830. The normalized spacial score (nSPS) is 43.9. The summed E-state index contributed by atoms with van der Waals surface area (Å²) in [5, 5.41) is 8.95. The Kier molecular flexibility index (Phi) is 5.56. The summed E-state index contributed by atoms with van der Waals surface area (Å²) < 4.78 is 22.4. The maximum atomic E-state index is 16.4. The number of fused-ring (bicyclic) bond motifs is 5. The summed E-state index contributed by atoms with van der Waals surface area (Å²) in [5.74, 6) is 4.23. The molecule has 0 radical (unpaired) electrons. The number of nitriles is 1. The van der Waals surface area contributed by atoms with Crippen LogP contribution >= 0.6 is 0 Å². The third-order valence-corrected chi connectivity index (χ3v) is 10.2. The van der Waals surface area contributed by atoms with Crippen LogP contribution in [0.4, 0.5) is 4.39 Å². The Morgan fingerprint density at radius 1 is 1.03 bits per heavy atom. The predicted molar refractivity (Wildman–Crippen MR) is 121 cm³/mol. The van der Waals surface area contributed by atoms with E-state index in [4.69, 9.17) is 10.00 Å². The van der Waals surface area contributed by atoms with Gasteiger partial charge in [0.05, 0.1) is 18.2 Å². The van der Waals surface area contributed by atoms with Crippen molar-refractivity contribution in [3.8, 4) is 11.8 Å². The molecule has 1 aromatic rings. The number of alkyl halides is 1. The zero-order chi connectivity index (χ0) is 21.6. The fourth-order valence-corrected chi connectivity index (χ4v) is 8.52. The van der Waals surface area contributed by atoms with E-state index in [2.05, 4.69) is 19.9 Å². The number of nitrogens with zero attached hydrogens (tertiary/aromatic N) is 1. The molecule has 168 valence electrons. The van der Waals surface area contributed by atoms with Crippen molar-refractivity contribution in [2.75, 3.05) is 6.61 Å². The van der Waals surface area contributed by atoms with Gasteiger partial charge in [-0.1, -0.05) is 13.8 Å². The summed E-state index contributed by atoms with van der Waals surface area (Å²) in [4.78, 5) is 0. The molecule has 4 fully saturated rings. The highest BCUT2D eigenvalue weighted by Gasteiger charge is 2.61. The molecule has 31 heavy (non-hydrogen) atoms.